The van der Waals surface area contributed by atoms with Crippen LogP contribution < -0.4 is 0 Å². The maximum atomic E-state index is 5.47. The largest absolute Gasteiger partial charge is 0.352 e. The first-order chi connectivity index (χ1) is 7.35. The molecule has 80 valence electrons. The van der Waals surface area contributed by atoms with Crippen molar-refractivity contribution in [3.05, 3.63) is 36.2 Å². The van der Waals surface area contributed by atoms with E-state index in [2.05, 4.69) is 4.98 Å². The number of aromatic nitrogens is 1. The topological polar surface area (TPSA) is 40.6 Å². The van der Waals surface area contributed by atoms with Gasteiger partial charge in [0.2, 0.25) is 0 Å². The van der Waals surface area contributed by atoms with E-state index in [9.17, 15) is 0 Å². The van der Waals surface area contributed by atoms with Gasteiger partial charge in [-0.3, -0.25) is 4.98 Å². The van der Waals surface area contributed by atoms with Gasteiger partial charge in [0, 0.05) is 32.2 Å². The molecule has 1 aromatic heterocycles. The van der Waals surface area contributed by atoms with Crippen LogP contribution in [0.25, 0.3) is 5.57 Å². The lowest BCUT2D eigenvalue weighted by Crippen LogP contribution is -2.16. The summed E-state index contributed by atoms with van der Waals surface area (Å²) in [7, 11) is 3.21. The van der Waals surface area contributed by atoms with Gasteiger partial charge in [-0.15, -0.1) is 0 Å². The number of nitrogens with zero attached hydrogens (tertiary/aromatic N) is 1. The molecule has 0 saturated heterocycles. The van der Waals surface area contributed by atoms with Crippen molar-refractivity contribution in [3.63, 3.8) is 0 Å². The fourth-order valence-electron chi connectivity index (χ4n) is 1.54. The molecule has 0 spiro atoms. The van der Waals surface area contributed by atoms with E-state index in [1.54, 1.807) is 26.6 Å². The lowest BCUT2D eigenvalue weighted by atomic mass is 10.1. The third-order valence-electron chi connectivity index (χ3n) is 2.29. The molecule has 2 heterocycles. The summed E-state index contributed by atoms with van der Waals surface area (Å²) in [5, 5.41) is 0. The number of hydrogen-bond acceptors (Lipinski definition) is 4. The van der Waals surface area contributed by atoms with Crippen molar-refractivity contribution in [2.45, 2.75) is 12.6 Å². The van der Waals surface area contributed by atoms with Crippen molar-refractivity contribution in [1.82, 2.24) is 4.98 Å². The summed E-state index contributed by atoms with van der Waals surface area (Å²) in [6.07, 6.45) is 4.69. The highest BCUT2D eigenvalue weighted by Crippen LogP contribution is 2.28. The van der Waals surface area contributed by atoms with Crippen LogP contribution >= 0.6 is 0 Å². The number of methoxy groups -OCH3 is 2. The van der Waals surface area contributed by atoms with E-state index in [1.807, 2.05) is 18.2 Å². The zero-order valence-corrected chi connectivity index (χ0v) is 8.71. The molecule has 0 bridgehead atoms. The van der Waals surface area contributed by atoms with Crippen LogP contribution in [0.2, 0.25) is 0 Å². The first-order valence-electron chi connectivity index (χ1n) is 4.68. The Bertz CT molecular complexity index is 350. The lowest BCUT2D eigenvalue weighted by molar-refractivity contribution is -0.170. The molecule has 4 heteroatoms. The van der Waals surface area contributed by atoms with Gasteiger partial charge in [-0.1, -0.05) is 0 Å². The van der Waals surface area contributed by atoms with Gasteiger partial charge < -0.3 is 14.2 Å². The maximum absolute atomic E-state index is 5.47. The van der Waals surface area contributed by atoms with Crippen LogP contribution in [0.1, 0.15) is 5.56 Å². The molecule has 0 fully saturated rings. The summed E-state index contributed by atoms with van der Waals surface area (Å²) in [5.41, 5.74) is 2.02. The van der Waals surface area contributed by atoms with Crippen LogP contribution in [-0.4, -0.2) is 31.8 Å². The van der Waals surface area contributed by atoms with Crippen molar-refractivity contribution in [2.75, 3.05) is 14.2 Å². The molecular formula is C11H13NO3. The summed E-state index contributed by atoms with van der Waals surface area (Å²) >= 11 is 0. The summed E-state index contributed by atoms with van der Waals surface area (Å²) in [5.74, 6) is 0. The smallest absolute Gasteiger partial charge is 0.187 e. The highest BCUT2D eigenvalue weighted by Gasteiger charge is 2.27. The third kappa shape index (κ3) is 2.07. The van der Waals surface area contributed by atoms with E-state index < -0.39 is 0 Å². The van der Waals surface area contributed by atoms with Crippen molar-refractivity contribution in [2.24, 2.45) is 0 Å². The monoisotopic (exact) mass is 207 g/mol. The van der Waals surface area contributed by atoms with E-state index in [0.717, 1.165) is 11.1 Å². The Morgan fingerprint density at radius 1 is 1.20 bits per heavy atom. The summed E-state index contributed by atoms with van der Waals surface area (Å²) in [4.78, 5) is 3.97. The van der Waals surface area contributed by atoms with Crippen LogP contribution in [0.3, 0.4) is 0 Å². The van der Waals surface area contributed by atoms with Gasteiger partial charge in [-0.25, -0.2) is 0 Å². The van der Waals surface area contributed by atoms with E-state index in [4.69, 9.17) is 14.2 Å². The lowest BCUT2D eigenvalue weighted by Gasteiger charge is -2.14. The van der Waals surface area contributed by atoms with Gasteiger partial charge in [0.15, 0.2) is 12.6 Å². The molecule has 2 unspecified atom stereocenters. The molecule has 4 nitrogen and oxygen atoms in total. The van der Waals surface area contributed by atoms with Gasteiger partial charge in [0.25, 0.3) is 0 Å². The molecule has 2 atom stereocenters. The number of hydrogen-bond donors (Lipinski definition) is 0. The Balaban J connectivity index is 2.27. The number of ether oxygens (including phenoxy) is 3. The molecule has 1 aromatic rings. The molecule has 1 aliphatic heterocycles. The maximum Gasteiger partial charge on any atom is 0.187 e. The standard InChI is InChI=1S/C11H13NO3/c1-13-10-7-9(11(14-2)15-10)8-3-5-12-6-4-8/h3-7,10-11H,1-2H3. The second kappa shape index (κ2) is 4.53. The third-order valence-corrected chi connectivity index (χ3v) is 2.29. The van der Waals surface area contributed by atoms with Crippen LogP contribution in [0.4, 0.5) is 0 Å². The Morgan fingerprint density at radius 2 is 1.93 bits per heavy atom. The van der Waals surface area contributed by atoms with Gasteiger partial charge >= 0.3 is 0 Å². The van der Waals surface area contributed by atoms with E-state index in [0.29, 0.717) is 0 Å². The molecule has 0 N–H and O–H groups in total. The first-order valence-corrected chi connectivity index (χ1v) is 4.68. The highest BCUT2D eigenvalue weighted by atomic mass is 16.8. The first kappa shape index (κ1) is 10.3. The molecule has 0 aliphatic carbocycles. The van der Waals surface area contributed by atoms with Crippen LogP contribution in [-0.2, 0) is 14.2 Å². The van der Waals surface area contributed by atoms with Crippen LogP contribution in [0, 0.1) is 0 Å². The van der Waals surface area contributed by atoms with Gasteiger partial charge in [-0.05, 0) is 23.8 Å². The minimum atomic E-state index is -0.364. The zero-order valence-electron chi connectivity index (χ0n) is 8.71. The van der Waals surface area contributed by atoms with Crippen molar-refractivity contribution in [3.8, 4) is 0 Å². The Labute approximate surface area is 88.5 Å². The number of rotatable bonds is 3. The fraction of sp³-hybridized carbons (Fsp3) is 0.364. The predicted octanol–water partition coefficient (Wildman–Crippen LogP) is 1.44. The second-order valence-corrected chi connectivity index (χ2v) is 3.17. The van der Waals surface area contributed by atoms with Gasteiger partial charge in [0.05, 0.1) is 0 Å². The fourth-order valence-corrected chi connectivity index (χ4v) is 1.54. The van der Waals surface area contributed by atoms with Gasteiger partial charge in [-0.2, -0.15) is 0 Å². The highest BCUT2D eigenvalue weighted by molar-refractivity contribution is 5.69. The van der Waals surface area contributed by atoms with Crippen molar-refractivity contribution in [1.29, 1.82) is 0 Å². The average molecular weight is 207 g/mol. The Kier molecular flexibility index (Phi) is 3.11. The van der Waals surface area contributed by atoms with E-state index >= 15 is 0 Å². The minimum absolute atomic E-state index is 0.335. The van der Waals surface area contributed by atoms with Crippen molar-refractivity contribution < 1.29 is 14.2 Å². The Morgan fingerprint density at radius 3 is 2.53 bits per heavy atom. The molecule has 0 amide bonds. The molecule has 15 heavy (non-hydrogen) atoms. The van der Waals surface area contributed by atoms with Crippen LogP contribution in [0.15, 0.2) is 30.6 Å². The van der Waals surface area contributed by atoms with E-state index in [1.165, 1.54) is 0 Å². The molecular weight excluding hydrogens is 194 g/mol. The second-order valence-electron chi connectivity index (χ2n) is 3.17. The summed E-state index contributed by atoms with van der Waals surface area (Å²) < 4.78 is 15.8. The quantitative estimate of drug-likeness (QED) is 0.752. The summed E-state index contributed by atoms with van der Waals surface area (Å²) in [6, 6.07) is 3.83. The molecule has 0 radical (unpaired) electrons. The van der Waals surface area contributed by atoms with Gasteiger partial charge in [0.1, 0.15) is 0 Å². The average Bonchev–Trinajstić information content (AvgIpc) is 2.73. The predicted molar refractivity (Wildman–Crippen MR) is 54.9 cm³/mol. The number of pyridine rings is 1. The minimum Gasteiger partial charge on any atom is -0.352 e. The normalized spacial score (nSPS) is 25.3. The molecule has 2 rings (SSSR count). The van der Waals surface area contributed by atoms with Crippen LogP contribution in [0.5, 0.6) is 0 Å². The molecule has 0 aromatic carbocycles. The molecule has 0 saturated carbocycles. The molecule has 1 aliphatic rings. The zero-order chi connectivity index (χ0) is 10.7. The SMILES string of the molecule is COC1C=C(c2ccncc2)C(OC)O1. The summed E-state index contributed by atoms with van der Waals surface area (Å²) in [6.45, 7) is 0. The van der Waals surface area contributed by atoms with E-state index in [-0.39, 0.29) is 12.6 Å². The Hall–Kier alpha value is -1.23. The van der Waals surface area contributed by atoms with Crippen molar-refractivity contribution >= 4 is 5.57 Å².